The number of nitrogens with zero attached hydrogens (tertiary/aromatic N) is 4. The predicted octanol–water partition coefficient (Wildman–Crippen LogP) is 0.631. The zero-order chi connectivity index (χ0) is 57.2. The highest BCUT2D eigenvalue weighted by atomic mass is 16.4. The Morgan fingerprint density at radius 2 is 1.00 bits per heavy atom. The van der Waals surface area contributed by atoms with Crippen LogP contribution in [0.15, 0.2) is 54.6 Å². The van der Waals surface area contributed by atoms with Crippen LogP contribution >= 0.6 is 0 Å². The van der Waals surface area contributed by atoms with E-state index < -0.39 is 84.6 Å². The number of hydrogen-bond donors (Lipinski definition) is 11. The highest BCUT2D eigenvalue weighted by Crippen LogP contribution is 2.41. The number of amides is 5. The minimum Gasteiger partial charge on any atom is -0.481 e. The highest BCUT2D eigenvalue weighted by molar-refractivity contribution is 6.03. The molecule has 2 saturated carbocycles. The maximum atomic E-state index is 14.3. The highest BCUT2D eigenvalue weighted by Gasteiger charge is 2.41. The van der Waals surface area contributed by atoms with Gasteiger partial charge in [-0.3, -0.25) is 53.2 Å². The number of fused-ring (bicyclic) bond motifs is 2. The second kappa shape index (κ2) is 29.5. The molecule has 1 aliphatic heterocycles. The van der Waals surface area contributed by atoms with E-state index in [1.807, 2.05) is 53.4 Å². The average molecular weight is 1100 g/mol. The number of rotatable bonds is 26. The van der Waals surface area contributed by atoms with Crippen LogP contribution < -0.4 is 26.6 Å². The van der Waals surface area contributed by atoms with Gasteiger partial charge in [-0.05, 0) is 95.9 Å². The Kier molecular flexibility index (Phi) is 22.7. The van der Waals surface area contributed by atoms with Gasteiger partial charge in [-0.1, -0.05) is 48.5 Å². The van der Waals surface area contributed by atoms with Crippen molar-refractivity contribution in [3.63, 3.8) is 0 Å². The quantitative estimate of drug-likeness (QED) is 0.0491. The Labute approximate surface area is 456 Å². The molecule has 0 bridgehead atoms. The number of carbonyl (C=O) groups is 10. The Morgan fingerprint density at radius 1 is 0.519 bits per heavy atom. The van der Waals surface area contributed by atoms with Crippen molar-refractivity contribution in [2.24, 2.45) is 23.7 Å². The lowest BCUT2D eigenvalue weighted by atomic mass is 9.81. The molecule has 11 N–H and O–H groups in total. The van der Waals surface area contributed by atoms with Gasteiger partial charge in [0.2, 0.25) is 17.7 Å². The van der Waals surface area contributed by atoms with Gasteiger partial charge in [0.05, 0.1) is 26.2 Å². The maximum Gasteiger partial charge on any atom is 0.326 e. The average Bonchev–Trinajstić information content (AvgIpc) is 4.25. The number of aliphatic carboxylic acids is 6. The molecule has 0 unspecified atom stereocenters. The molecular formula is C54H73N9O16. The smallest absolute Gasteiger partial charge is 0.326 e. The van der Waals surface area contributed by atoms with Crippen LogP contribution in [0.1, 0.15) is 56.9 Å². The number of carbonyl (C=O) groups excluding carboxylic acids is 4. The first-order chi connectivity index (χ1) is 37.7. The van der Waals surface area contributed by atoms with Crippen LogP contribution in [0.25, 0.3) is 21.5 Å². The van der Waals surface area contributed by atoms with E-state index in [-0.39, 0.29) is 114 Å². The van der Waals surface area contributed by atoms with Crippen molar-refractivity contribution in [3.8, 4) is 0 Å². The van der Waals surface area contributed by atoms with Gasteiger partial charge >= 0.3 is 41.8 Å². The normalized spacial score (nSPS) is 21.0. The van der Waals surface area contributed by atoms with Crippen molar-refractivity contribution in [1.29, 1.82) is 0 Å². The summed E-state index contributed by atoms with van der Waals surface area (Å²) >= 11 is 0. The van der Waals surface area contributed by atoms with Crippen molar-refractivity contribution in [1.82, 2.24) is 46.2 Å². The van der Waals surface area contributed by atoms with Gasteiger partial charge in [-0.15, -0.1) is 0 Å². The number of carboxylic acids is 6. The van der Waals surface area contributed by atoms with Crippen LogP contribution in [-0.2, 0) is 49.6 Å². The maximum absolute atomic E-state index is 14.3. The number of urea groups is 1. The molecule has 5 atom stereocenters. The molecule has 0 aromatic heterocycles. The number of benzene rings is 3. The standard InChI is InChI=1S/C54H73N9O16/c64-45(29-60-15-17-61(30-47(67)68)19-21-63(32-49(71)72)22-20-62(18-16-60)31-48(69)70)55-27-33-9-11-34(12-10-33)50(73)57-43(26-41-39-7-3-1-5-35(39)23-36-6-2-4-8-40(36)41)51(74)56-28-38-24-37(38)25-44(53(77)78)59-54(79)58-42(52(75)76)13-14-46(65)66/h1-8,23,33-34,37-38,42-44H,9-22,24-32H2,(H,55,64)(H,56,74)(H,57,73)(H,65,66)(H,67,68)(H,69,70)(H,71,72)(H,75,76)(H,77,78)(H2,58,59,79)/t33-,34-,37-,38-,42-,43-,44-/m0/s1. The molecule has 25 heteroatoms. The summed E-state index contributed by atoms with van der Waals surface area (Å²) < 4.78 is 0. The first-order valence-corrected chi connectivity index (χ1v) is 26.7. The summed E-state index contributed by atoms with van der Waals surface area (Å²) in [6.45, 7) is 1.74. The van der Waals surface area contributed by atoms with Gasteiger partial charge in [0.15, 0.2) is 0 Å². The van der Waals surface area contributed by atoms with Gasteiger partial charge in [0.1, 0.15) is 18.1 Å². The summed E-state index contributed by atoms with van der Waals surface area (Å²) in [4.78, 5) is 131. The van der Waals surface area contributed by atoms with E-state index in [0.717, 1.165) is 27.1 Å². The molecular weight excluding hydrogens is 1030 g/mol. The molecule has 0 radical (unpaired) electrons. The van der Waals surface area contributed by atoms with Crippen molar-refractivity contribution in [2.75, 3.05) is 91.6 Å². The lowest BCUT2D eigenvalue weighted by molar-refractivity contribution is -0.141. The third-order valence-corrected chi connectivity index (χ3v) is 15.1. The van der Waals surface area contributed by atoms with Crippen LogP contribution in [0.4, 0.5) is 4.79 Å². The molecule has 2 aliphatic carbocycles. The third kappa shape index (κ3) is 19.7. The molecule has 79 heavy (non-hydrogen) atoms. The molecule has 5 amide bonds. The van der Waals surface area contributed by atoms with E-state index >= 15 is 0 Å². The van der Waals surface area contributed by atoms with E-state index in [2.05, 4.69) is 32.7 Å². The summed E-state index contributed by atoms with van der Waals surface area (Å²) in [5.74, 6) is -9.04. The van der Waals surface area contributed by atoms with E-state index in [1.165, 1.54) is 0 Å². The fraction of sp³-hybridized carbons (Fsp3) is 0.556. The number of nitrogens with one attached hydrogen (secondary N) is 5. The molecule has 6 rings (SSSR count). The molecule has 1 heterocycles. The van der Waals surface area contributed by atoms with Gasteiger partial charge in [0.25, 0.3) is 0 Å². The number of hydrogen-bond acceptors (Lipinski definition) is 14. The Balaban J connectivity index is 1.05. The first kappa shape index (κ1) is 60.7. The molecule has 3 aromatic rings. The zero-order valence-electron chi connectivity index (χ0n) is 44.1. The molecule has 1 saturated heterocycles. The van der Waals surface area contributed by atoms with Gasteiger partial charge < -0.3 is 57.2 Å². The fourth-order valence-corrected chi connectivity index (χ4v) is 10.6. The topological polar surface area (TPSA) is 365 Å². The minimum atomic E-state index is -1.56. The lowest BCUT2D eigenvalue weighted by Gasteiger charge is -2.33. The van der Waals surface area contributed by atoms with E-state index in [4.69, 9.17) is 5.11 Å². The van der Waals surface area contributed by atoms with Crippen LogP contribution in [-0.4, -0.2) is 220 Å². The van der Waals surface area contributed by atoms with Crippen molar-refractivity contribution in [2.45, 2.75) is 75.9 Å². The SMILES string of the molecule is O=C(O)CC[C@H](NC(=O)N[C@@H](C[C@@H]1C[C@H]1CNC(=O)[C@H](Cc1c2ccccc2cc2ccccc12)NC(=O)[C@H]1CC[C@H](CNC(=O)CN2CCN(CC(=O)O)CCN(CC(=O)O)CCN(CC(=O)O)CC2)CC1)C(=O)O)C(=O)O. The van der Waals surface area contributed by atoms with E-state index in [0.29, 0.717) is 51.7 Å². The van der Waals surface area contributed by atoms with E-state index in [1.54, 1.807) is 14.7 Å². The second-order valence-corrected chi connectivity index (χ2v) is 20.9. The lowest BCUT2D eigenvalue weighted by Crippen LogP contribution is -2.51. The van der Waals surface area contributed by atoms with Crippen LogP contribution in [0.3, 0.4) is 0 Å². The summed E-state index contributed by atoms with van der Waals surface area (Å²) in [5.41, 5.74) is 0.867. The van der Waals surface area contributed by atoms with E-state index in [9.17, 15) is 73.5 Å². The largest absolute Gasteiger partial charge is 0.481 e. The molecule has 3 fully saturated rings. The van der Waals surface area contributed by atoms with Gasteiger partial charge in [0, 0.05) is 84.2 Å². The summed E-state index contributed by atoms with van der Waals surface area (Å²) in [7, 11) is 0. The molecule has 430 valence electrons. The fourth-order valence-electron chi connectivity index (χ4n) is 10.6. The first-order valence-electron chi connectivity index (χ1n) is 26.7. The Morgan fingerprint density at radius 3 is 1.48 bits per heavy atom. The second-order valence-electron chi connectivity index (χ2n) is 20.9. The summed E-state index contributed by atoms with van der Waals surface area (Å²) in [5, 5.41) is 74.1. The molecule has 3 aromatic carbocycles. The van der Waals surface area contributed by atoms with Crippen molar-refractivity contribution in [3.05, 3.63) is 60.2 Å². The Bertz CT molecular complexity index is 2600. The van der Waals surface area contributed by atoms with Gasteiger partial charge in [-0.2, -0.15) is 0 Å². The number of carboxylic acid groups (broad SMARTS) is 6. The van der Waals surface area contributed by atoms with Crippen LogP contribution in [0.5, 0.6) is 0 Å². The van der Waals surface area contributed by atoms with Gasteiger partial charge in [-0.25, -0.2) is 14.4 Å². The van der Waals surface area contributed by atoms with Crippen LogP contribution in [0, 0.1) is 23.7 Å². The Hall–Kier alpha value is -7.48. The molecule has 25 nitrogen and oxygen atoms in total. The minimum absolute atomic E-state index is 0.0216. The summed E-state index contributed by atoms with van der Waals surface area (Å²) in [6.07, 6.45) is 1.92. The van der Waals surface area contributed by atoms with Crippen molar-refractivity contribution >= 4 is 81.1 Å². The molecule has 0 spiro atoms. The molecule has 3 aliphatic rings. The monoisotopic (exact) mass is 1100 g/mol. The zero-order valence-corrected chi connectivity index (χ0v) is 44.1. The third-order valence-electron chi connectivity index (χ3n) is 15.1. The summed E-state index contributed by atoms with van der Waals surface area (Å²) in [6, 6.07) is 12.6. The van der Waals surface area contributed by atoms with Crippen LogP contribution in [0.2, 0.25) is 0 Å². The predicted molar refractivity (Wildman–Crippen MR) is 285 cm³/mol. The van der Waals surface area contributed by atoms with Crippen molar-refractivity contribution < 1.29 is 78.6 Å².